The van der Waals surface area contributed by atoms with Gasteiger partial charge in [-0.05, 0) is 169 Å². The van der Waals surface area contributed by atoms with Gasteiger partial charge in [0.05, 0.1) is 16.8 Å². The lowest BCUT2D eigenvalue weighted by Crippen LogP contribution is -2.27. The topological polar surface area (TPSA) is 19.6 Å². The highest BCUT2D eigenvalue weighted by Crippen LogP contribution is 2.60. The SMILES string of the molecule is C=C1/C=C\C=C/CC2(c3ccc(N(c4ccc5c(c4)-c4ccccc4-c4ccccc4N5c4ccccc4)c4ccc5c(c4)C(C)(C)c4ccccc4-5)cc3-c3ccccc31)c1ccccc1-c1cc3oc4ccccc4c3cc12. The molecule has 3 nitrogen and oxygen atoms in total. The van der Waals surface area contributed by atoms with E-state index in [0.717, 1.165) is 90.3 Å². The molecule has 3 aliphatic carbocycles. The minimum absolute atomic E-state index is 0.217. The normalized spacial score (nSPS) is 16.7. The summed E-state index contributed by atoms with van der Waals surface area (Å²) < 4.78 is 6.64. The standard InChI is InChI=1S/C77H54N2O/c1-49-22-6-5-21-43-77(68-34-18-14-30-59(68)64-48-75-66(47-71(64)77)62-32-16-20-36-74(62)80-75)69-41-38-51(44-63(69)55-26-10-9-25-54(49)55)78(53-37-40-60-58-29-13-17-33-67(58)76(2,3)70(60)46-53)52-39-42-73-65(45-52)57-28-12-11-27-56(57)61-31-15-19-35-72(61)79(73)50-23-7-4-8-24-50/h4-42,44-48H,1,43H2,2-3H3/b21-5-,22-6-. The average molecular weight is 1020 g/mol. The Morgan fingerprint density at radius 3 is 1.74 bits per heavy atom. The van der Waals surface area contributed by atoms with E-state index < -0.39 is 5.41 Å². The van der Waals surface area contributed by atoms with Gasteiger partial charge in [0, 0.05) is 50.1 Å². The first kappa shape index (κ1) is 46.2. The fourth-order valence-corrected chi connectivity index (χ4v) is 14.2. The predicted octanol–water partition coefficient (Wildman–Crippen LogP) is 21.0. The molecule has 0 radical (unpaired) electrons. The van der Waals surface area contributed by atoms with Gasteiger partial charge in [-0.25, -0.2) is 0 Å². The molecule has 0 bridgehead atoms. The maximum absolute atomic E-state index is 6.64. The van der Waals surface area contributed by atoms with Crippen LogP contribution < -0.4 is 9.80 Å². The summed E-state index contributed by atoms with van der Waals surface area (Å²) in [5, 5.41) is 2.25. The Balaban J connectivity index is 0.988. The van der Waals surface area contributed by atoms with Crippen molar-refractivity contribution in [3.05, 3.63) is 307 Å². The molecule has 0 fully saturated rings. The molecule has 1 unspecified atom stereocenters. The fourth-order valence-electron chi connectivity index (χ4n) is 14.2. The molecular weight excluding hydrogens is 969 g/mol. The first-order valence-electron chi connectivity index (χ1n) is 27.9. The van der Waals surface area contributed by atoms with Gasteiger partial charge < -0.3 is 14.2 Å². The van der Waals surface area contributed by atoms with Crippen LogP contribution in [0.4, 0.5) is 34.1 Å². The Kier molecular flexibility index (Phi) is 10.1. The van der Waals surface area contributed by atoms with Gasteiger partial charge in [0.15, 0.2) is 0 Å². The van der Waals surface area contributed by atoms with E-state index in [-0.39, 0.29) is 5.41 Å². The molecule has 4 aliphatic rings. The van der Waals surface area contributed by atoms with Crippen LogP contribution in [0.3, 0.4) is 0 Å². The van der Waals surface area contributed by atoms with E-state index in [0.29, 0.717) is 0 Å². The van der Waals surface area contributed by atoms with Crippen molar-refractivity contribution in [3.63, 3.8) is 0 Å². The molecule has 0 saturated heterocycles. The number of para-hydroxylation sites is 3. The van der Waals surface area contributed by atoms with E-state index in [2.05, 4.69) is 291 Å². The van der Waals surface area contributed by atoms with Crippen LogP contribution in [0.25, 0.3) is 83.1 Å². The Bertz CT molecular complexity index is 4640. The molecule has 1 atom stereocenters. The van der Waals surface area contributed by atoms with Gasteiger partial charge in [0.1, 0.15) is 11.2 Å². The van der Waals surface area contributed by atoms with Gasteiger partial charge in [-0.15, -0.1) is 0 Å². The van der Waals surface area contributed by atoms with Crippen LogP contribution in [0.15, 0.2) is 278 Å². The number of rotatable bonds is 4. The lowest BCUT2D eigenvalue weighted by atomic mass is 9.67. The van der Waals surface area contributed by atoms with E-state index in [4.69, 9.17) is 11.0 Å². The molecule has 0 N–H and O–H groups in total. The van der Waals surface area contributed by atoms with Crippen molar-refractivity contribution in [1.82, 2.24) is 0 Å². The predicted molar refractivity (Wildman–Crippen MR) is 334 cm³/mol. The number of furan rings is 1. The molecular formula is C77H54N2O. The van der Waals surface area contributed by atoms with Crippen LogP contribution in [0.5, 0.6) is 0 Å². The average Bonchev–Trinajstić information content (AvgIpc) is 4.19. The number of anilines is 6. The first-order chi connectivity index (χ1) is 39.3. The van der Waals surface area contributed by atoms with Gasteiger partial charge in [0.2, 0.25) is 0 Å². The van der Waals surface area contributed by atoms with E-state index in [9.17, 15) is 0 Å². The van der Waals surface area contributed by atoms with Crippen molar-refractivity contribution < 1.29 is 4.42 Å². The van der Waals surface area contributed by atoms with Crippen molar-refractivity contribution in [1.29, 1.82) is 0 Å². The molecule has 3 heteroatoms. The number of hydrogen-bond acceptors (Lipinski definition) is 3. The van der Waals surface area contributed by atoms with Gasteiger partial charge >= 0.3 is 0 Å². The maximum Gasteiger partial charge on any atom is 0.136 e. The largest absolute Gasteiger partial charge is 0.456 e. The quantitative estimate of drug-likeness (QED) is 0.175. The fraction of sp³-hybridized carbons (Fsp3) is 0.0649. The summed E-state index contributed by atoms with van der Waals surface area (Å²) in [4.78, 5) is 4.96. The highest BCUT2D eigenvalue weighted by atomic mass is 16.3. The van der Waals surface area contributed by atoms with Gasteiger partial charge in [-0.2, -0.15) is 0 Å². The van der Waals surface area contributed by atoms with Crippen molar-refractivity contribution in [2.24, 2.45) is 0 Å². The molecule has 1 aromatic heterocycles. The monoisotopic (exact) mass is 1020 g/mol. The molecule has 80 heavy (non-hydrogen) atoms. The summed E-state index contributed by atoms with van der Waals surface area (Å²) in [6.45, 7) is 9.49. The third-order valence-electron chi connectivity index (χ3n) is 17.9. The summed E-state index contributed by atoms with van der Waals surface area (Å²) in [7, 11) is 0. The molecule has 2 heterocycles. The second-order valence-electron chi connectivity index (χ2n) is 22.4. The van der Waals surface area contributed by atoms with E-state index in [1.165, 1.54) is 66.8 Å². The minimum atomic E-state index is -0.590. The van der Waals surface area contributed by atoms with Crippen LogP contribution in [-0.2, 0) is 10.8 Å². The van der Waals surface area contributed by atoms with Crippen LogP contribution in [-0.4, -0.2) is 0 Å². The third-order valence-corrected chi connectivity index (χ3v) is 17.9. The lowest BCUT2D eigenvalue weighted by Gasteiger charge is -2.36. The number of hydrogen-bond donors (Lipinski definition) is 0. The molecule has 0 amide bonds. The summed E-state index contributed by atoms with van der Waals surface area (Å²) >= 11 is 0. The number of nitrogens with zero attached hydrogens (tertiary/aromatic N) is 2. The zero-order valence-corrected chi connectivity index (χ0v) is 44.6. The van der Waals surface area contributed by atoms with Crippen LogP contribution in [0, 0.1) is 0 Å². The minimum Gasteiger partial charge on any atom is -0.456 e. The lowest BCUT2D eigenvalue weighted by molar-refractivity contribution is 0.646. The van der Waals surface area contributed by atoms with Gasteiger partial charge in [-0.1, -0.05) is 209 Å². The molecule has 378 valence electrons. The zero-order chi connectivity index (χ0) is 53.3. The Morgan fingerprint density at radius 1 is 0.388 bits per heavy atom. The van der Waals surface area contributed by atoms with Crippen molar-refractivity contribution in [3.8, 4) is 55.6 Å². The van der Waals surface area contributed by atoms with Crippen LogP contribution >= 0.6 is 0 Å². The van der Waals surface area contributed by atoms with Crippen molar-refractivity contribution >= 4 is 61.6 Å². The Hall–Kier alpha value is -9.96. The molecule has 1 spiro atoms. The smallest absolute Gasteiger partial charge is 0.136 e. The van der Waals surface area contributed by atoms with E-state index in [1.807, 2.05) is 0 Å². The van der Waals surface area contributed by atoms with Crippen molar-refractivity contribution in [2.75, 3.05) is 9.80 Å². The van der Waals surface area contributed by atoms with Crippen LogP contribution in [0.2, 0.25) is 0 Å². The van der Waals surface area contributed by atoms with E-state index in [1.54, 1.807) is 0 Å². The summed E-state index contributed by atoms with van der Waals surface area (Å²) in [5.41, 5.74) is 28.2. The van der Waals surface area contributed by atoms with Crippen LogP contribution in [0.1, 0.15) is 53.6 Å². The molecule has 12 aromatic rings. The second kappa shape index (κ2) is 17.5. The Labute approximate surface area is 467 Å². The maximum atomic E-state index is 6.64. The molecule has 11 aromatic carbocycles. The van der Waals surface area contributed by atoms with Crippen molar-refractivity contribution in [2.45, 2.75) is 31.1 Å². The van der Waals surface area contributed by atoms with E-state index >= 15 is 0 Å². The zero-order valence-electron chi connectivity index (χ0n) is 44.6. The Morgan fingerprint density at radius 2 is 0.938 bits per heavy atom. The summed E-state index contributed by atoms with van der Waals surface area (Å²) in [6.07, 6.45) is 9.63. The third kappa shape index (κ3) is 6.67. The second-order valence-corrected chi connectivity index (χ2v) is 22.4. The van der Waals surface area contributed by atoms with Gasteiger partial charge in [0.25, 0.3) is 0 Å². The molecule has 16 rings (SSSR count). The first-order valence-corrected chi connectivity index (χ1v) is 27.9. The molecule has 1 aliphatic heterocycles. The van der Waals surface area contributed by atoms with Gasteiger partial charge in [-0.3, -0.25) is 0 Å². The summed E-state index contributed by atoms with van der Waals surface area (Å²) in [5.74, 6) is 0. The summed E-state index contributed by atoms with van der Waals surface area (Å²) in [6, 6.07) is 90.3. The number of fused-ring (bicyclic) bond motifs is 20. The number of benzene rings is 11. The highest BCUT2D eigenvalue weighted by Gasteiger charge is 2.46. The number of allylic oxidation sites excluding steroid dienone is 5. The molecule has 0 saturated carbocycles. The highest BCUT2D eigenvalue weighted by molar-refractivity contribution is 6.09.